The van der Waals surface area contributed by atoms with Crippen molar-refractivity contribution < 1.29 is 36.4 Å². The Morgan fingerprint density at radius 1 is 1.22 bits per heavy atom. The van der Waals surface area contributed by atoms with Gasteiger partial charge in [-0.2, -0.15) is 8.42 Å². The first-order valence-corrected chi connectivity index (χ1v) is 14.2. The minimum atomic E-state index is -4.67. The fourth-order valence-corrected chi connectivity index (χ4v) is 5.44. The van der Waals surface area contributed by atoms with Crippen LogP contribution < -0.4 is 0 Å². The maximum atomic E-state index is 13.1. The van der Waals surface area contributed by atoms with Crippen LogP contribution in [0, 0.1) is 0 Å². The number of hydrogen-bond donors (Lipinski definition) is 3. The summed E-state index contributed by atoms with van der Waals surface area (Å²) in [6.45, 7) is 2.25. The van der Waals surface area contributed by atoms with Gasteiger partial charge in [0, 0.05) is 41.0 Å². The smallest absolute Gasteiger partial charge is 0.394 e. The summed E-state index contributed by atoms with van der Waals surface area (Å²) in [5.41, 5.74) is 2.20. The molecule has 2 aromatic heterocycles. The first-order valence-electron chi connectivity index (χ1n) is 10.7. The normalized spacial score (nSPS) is 12.1. The number of halogens is 1. The average Bonchev–Trinajstić information content (AvgIpc) is 3.43. The molecule has 0 amide bonds. The van der Waals surface area contributed by atoms with E-state index in [2.05, 4.69) is 20.9 Å². The number of aromatic hydroxyl groups is 1. The number of ether oxygens (including phenoxy) is 1. The van der Waals surface area contributed by atoms with Crippen LogP contribution in [0.2, 0.25) is 0 Å². The zero-order valence-electron chi connectivity index (χ0n) is 19.7. The molecule has 14 heteroatoms. The third-order valence-electron chi connectivity index (χ3n) is 5.29. The number of rotatable bonds is 7. The summed E-state index contributed by atoms with van der Waals surface area (Å²) in [4.78, 5) is 17.9. The molecule has 0 fully saturated rings. The number of hydrogen-bond acceptors (Lipinski definition) is 7. The quantitative estimate of drug-likeness (QED) is 0.208. The highest BCUT2D eigenvalue weighted by atomic mass is 79.9. The average molecular weight is 614 g/mol. The van der Waals surface area contributed by atoms with Crippen molar-refractivity contribution >= 4 is 54.0 Å². The fraction of sp³-hybridized carbons (Fsp3) is 0.217. The molecule has 37 heavy (non-hydrogen) atoms. The van der Waals surface area contributed by atoms with E-state index in [0.29, 0.717) is 38.1 Å². The summed E-state index contributed by atoms with van der Waals surface area (Å²) in [6, 6.07) is 10.9. The summed E-state index contributed by atoms with van der Waals surface area (Å²) >= 11 is 3.43. The van der Waals surface area contributed by atoms with Gasteiger partial charge in [0.05, 0.1) is 51.6 Å². The van der Waals surface area contributed by atoms with Gasteiger partial charge >= 0.3 is 16.4 Å². The molecule has 0 aliphatic rings. The van der Waals surface area contributed by atoms with Gasteiger partial charge in [-0.3, -0.25) is 13.3 Å². The molecule has 0 aliphatic carbocycles. The molecule has 0 radical (unpaired) electrons. The maximum Gasteiger partial charge on any atom is 0.394 e. The van der Waals surface area contributed by atoms with Crippen molar-refractivity contribution in [3.05, 3.63) is 76.4 Å². The number of phenolic OH excluding ortho intramolecular Hbond substituents is 1. The number of carbonyl (C=O) groups is 1. The largest absolute Gasteiger partial charge is 0.506 e. The van der Waals surface area contributed by atoms with Gasteiger partial charge in [0.2, 0.25) is 0 Å². The maximum absolute atomic E-state index is 13.1. The van der Waals surface area contributed by atoms with Crippen LogP contribution in [0.1, 0.15) is 28.5 Å². The van der Waals surface area contributed by atoms with Crippen LogP contribution in [0.5, 0.6) is 5.75 Å². The highest BCUT2D eigenvalue weighted by molar-refractivity contribution is 9.10. The minimum absolute atomic E-state index is 0.0399. The molecule has 0 aliphatic heterocycles. The van der Waals surface area contributed by atoms with Crippen molar-refractivity contribution in [3.8, 4) is 5.75 Å². The Hall–Kier alpha value is -3.04. The topological polar surface area (TPSA) is 161 Å². The zero-order chi connectivity index (χ0) is 27.3. The van der Waals surface area contributed by atoms with Gasteiger partial charge in [0.1, 0.15) is 5.75 Å². The van der Waals surface area contributed by atoms with Gasteiger partial charge in [0.15, 0.2) is 0 Å². The summed E-state index contributed by atoms with van der Waals surface area (Å²) in [5.74, 6) is -0.337. The predicted molar refractivity (Wildman–Crippen MR) is 140 cm³/mol. The Kier molecular flexibility index (Phi) is 9.26. The predicted octanol–water partition coefficient (Wildman–Crippen LogP) is 3.72. The lowest BCUT2D eigenvalue weighted by Crippen LogP contribution is -2.11. The van der Waals surface area contributed by atoms with Gasteiger partial charge in [0.25, 0.3) is 0 Å². The van der Waals surface area contributed by atoms with Gasteiger partial charge in [-0.1, -0.05) is 18.2 Å². The van der Waals surface area contributed by atoms with Crippen LogP contribution in [-0.2, 0) is 45.3 Å². The number of aromatic nitrogens is 3. The highest BCUT2D eigenvalue weighted by Crippen LogP contribution is 2.40. The van der Waals surface area contributed by atoms with Crippen molar-refractivity contribution in [1.29, 1.82) is 0 Å². The molecule has 1 atom stereocenters. The van der Waals surface area contributed by atoms with E-state index in [-0.39, 0.29) is 18.1 Å². The fourth-order valence-electron chi connectivity index (χ4n) is 3.77. The second-order valence-corrected chi connectivity index (χ2v) is 10.9. The van der Waals surface area contributed by atoms with E-state index < -0.39 is 27.2 Å². The van der Waals surface area contributed by atoms with Crippen LogP contribution in [-0.4, -0.2) is 53.5 Å². The van der Waals surface area contributed by atoms with Crippen molar-refractivity contribution in [2.24, 2.45) is 7.05 Å². The van der Waals surface area contributed by atoms with E-state index in [1.165, 1.54) is 0 Å². The van der Waals surface area contributed by atoms with Crippen LogP contribution in [0.25, 0.3) is 10.9 Å². The van der Waals surface area contributed by atoms with E-state index in [9.17, 15) is 14.1 Å². The summed E-state index contributed by atoms with van der Waals surface area (Å²) in [7, 11) is -4.21. The van der Waals surface area contributed by atoms with E-state index in [1.807, 2.05) is 34.4 Å². The second-order valence-electron chi connectivity index (χ2n) is 7.67. The number of imidazole rings is 1. The molecule has 2 heterocycles. The van der Waals surface area contributed by atoms with Gasteiger partial charge in [-0.05, 0) is 41.1 Å². The molecular weight excluding hydrogens is 590 g/mol. The van der Waals surface area contributed by atoms with E-state index in [1.54, 1.807) is 43.8 Å². The molecule has 0 spiro atoms. The summed E-state index contributed by atoms with van der Waals surface area (Å²) in [6.07, 6.45) is 5.08. The molecular formula is C23H24BrN3O8S2. The van der Waals surface area contributed by atoms with Crippen LogP contribution in [0.3, 0.4) is 0 Å². The van der Waals surface area contributed by atoms with Crippen molar-refractivity contribution in [1.82, 2.24) is 14.1 Å². The number of esters is 1. The van der Waals surface area contributed by atoms with E-state index in [4.69, 9.17) is 22.3 Å². The lowest BCUT2D eigenvalue weighted by molar-refractivity contribution is 0.0527. The molecule has 0 saturated heterocycles. The lowest BCUT2D eigenvalue weighted by Gasteiger charge is -2.11. The Morgan fingerprint density at radius 3 is 2.43 bits per heavy atom. The Morgan fingerprint density at radius 2 is 1.86 bits per heavy atom. The van der Waals surface area contributed by atoms with Crippen LogP contribution in [0.4, 0.5) is 0 Å². The molecule has 4 aromatic rings. The molecule has 11 nitrogen and oxygen atoms in total. The summed E-state index contributed by atoms with van der Waals surface area (Å²) < 4.78 is 54.3. The Labute approximate surface area is 223 Å². The second kappa shape index (κ2) is 12.0. The van der Waals surface area contributed by atoms with Crippen LogP contribution >= 0.6 is 15.9 Å². The third kappa shape index (κ3) is 7.05. The number of fused-ring (bicyclic) bond motifs is 1. The number of phenols is 1. The Bertz CT molecular complexity index is 1530. The highest BCUT2D eigenvalue weighted by Gasteiger charge is 2.28. The zero-order valence-corrected chi connectivity index (χ0v) is 23.0. The van der Waals surface area contributed by atoms with Gasteiger partial charge in [-0.25, -0.2) is 9.78 Å². The first-order chi connectivity index (χ1) is 17.4. The van der Waals surface area contributed by atoms with E-state index in [0.717, 1.165) is 5.52 Å². The SMILES string of the molecule is CCOC(=O)c1c(CS(=O)c2ccccc2)n(C)c2cc(Br)c(O)c(Cn3ccnc3)c12.O=S(=O)(O)O. The van der Waals surface area contributed by atoms with Crippen molar-refractivity contribution in [2.75, 3.05) is 6.61 Å². The molecule has 0 saturated carbocycles. The van der Waals surface area contributed by atoms with Crippen LogP contribution in [0.15, 0.2) is 64.5 Å². The number of nitrogens with zero attached hydrogens (tertiary/aromatic N) is 3. The molecule has 1 unspecified atom stereocenters. The van der Waals surface area contributed by atoms with Crippen molar-refractivity contribution in [3.63, 3.8) is 0 Å². The molecule has 3 N–H and O–H groups in total. The molecule has 4 rings (SSSR count). The minimum Gasteiger partial charge on any atom is -0.506 e. The monoisotopic (exact) mass is 613 g/mol. The lowest BCUT2D eigenvalue weighted by atomic mass is 10.0. The number of aryl methyl sites for hydroxylation is 1. The Balaban J connectivity index is 0.000000695. The number of benzene rings is 2. The van der Waals surface area contributed by atoms with E-state index >= 15 is 0 Å². The van der Waals surface area contributed by atoms with Crippen molar-refractivity contribution in [2.45, 2.75) is 24.1 Å². The van der Waals surface area contributed by atoms with Gasteiger partial charge in [-0.15, -0.1) is 0 Å². The molecule has 2 aromatic carbocycles. The summed E-state index contributed by atoms with van der Waals surface area (Å²) in [5, 5.41) is 11.5. The molecule has 0 bridgehead atoms. The molecule has 198 valence electrons. The van der Waals surface area contributed by atoms with Gasteiger partial charge < -0.3 is 19.0 Å². The first kappa shape index (κ1) is 28.5. The number of carbonyl (C=O) groups excluding carboxylic acids is 1. The standard InChI is InChI=1S/C23H22BrN3O4S.H2O4S/c1-3-31-23(29)21-19(13-32(30)15-7-5-4-6-8-15)26(2)18-11-17(24)22(28)16(20(18)21)12-27-10-9-25-14-27;1-5(2,3)4/h4-11,14,28H,3,12-13H2,1-2H3;(H2,1,2,3,4). The third-order valence-corrected chi connectivity index (χ3v) is 7.23.